The van der Waals surface area contributed by atoms with E-state index in [1.165, 1.54) is 32.1 Å². The van der Waals surface area contributed by atoms with Gasteiger partial charge in [0.15, 0.2) is 0 Å². The van der Waals surface area contributed by atoms with Crippen molar-refractivity contribution in [1.29, 1.82) is 0 Å². The zero-order valence-corrected chi connectivity index (χ0v) is 12.2. The molecule has 0 aliphatic heterocycles. The number of hydrogen-bond acceptors (Lipinski definition) is 0. The summed E-state index contributed by atoms with van der Waals surface area (Å²) in [6, 6.07) is 0. The van der Waals surface area contributed by atoms with Gasteiger partial charge in [-0.25, -0.2) is 0 Å². The summed E-state index contributed by atoms with van der Waals surface area (Å²) in [6.45, 7) is 0. The molecule has 18 heavy (non-hydrogen) atoms. The van der Waals surface area contributed by atoms with Crippen molar-refractivity contribution in [3.8, 4) is 0 Å². The molecule has 3 aliphatic carbocycles. The summed E-state index contributed by atoms with van der Waals surface area (Å²) in [4.78, 5) is 0. The standard InChI is InChI=1S/C18H32/c1-2-6-10-15-14-16-11-7-4-5-9-13-18(16)17(15)12-8-3-1/h15-18H,1-14H2. The molecule has 3 saturated carbocycles. The van der Waals surface area contributed by atoms with E-state index in [-0.39, 0.29) is 0 Å². The van der Waals surface area contributed by atoms with Crippen LogP contribution in [0.25, 0.3) is 0 Å². The Bertz CT molecular complexity index is 244. The minimum absolute atomic E-state index is 1.14. The minimum atomic E-state index is 1.14. The van der Waals surface area contributed by atoms with Gasteiger partial charge in [0.1, 0.15) is 0 Å². The van der Waals surface area contributed by atoms with Crippen LogP contribution < -0.4 is 0 Å². The van der Waals surface area contributed by atoms with Crippen molar-refractivity contribution >= 4 is 0 Å². The molecular weight excluding hydrogens is 216 g/mol. The fraction of sp³-hybridized carbons (Fsp3) is 1.00. The molecule has 0 aromatic rings. The van der Waals surface area contributed by atoms with Crippen LogP contribution in [-0.4, -0.2) is 0 Å². The van der Waals surface area contributed by atoms with Crippen molar-refractivity contribution in [3.63, 3.8) is 0 Å². The monoisotopic (exact) mass is 248 g/mol. The molecule has 104 valence electrons. The Hall–Kier alpha value is 0. The molecular formula is C18H32. The molecule has 0 bridgehead atoms. The van der Waals surface area contributed by atoms with Gasteiger partial charge in [-0.15, -0.1) is 0 Å². The van der Waals surface area contributed by atoms with Gasteiger partial charge in [0, 0.05) is 0 Å². The normalized spacial score (nSPS) is 42.7. The van der Waals surface area contributed by atoms with Gasteiger partial charge < -0.3 is 0 Å². The second-order valence-corrected chi connectivity index (χ2v) is 7.42. The van der Waals surface area contributed by atoms with Crippen molar-refractivity contribution in [2.75, 3.05) is 0 Å². The smallest absolute Gasteiger partial charge is 0.0355 e. The van der Waals surface area contributed by atoms with E-state index in [1.54, 1.807) is 57.8 Å². The molecule has 0 heteroatoms. The highest BCUT2D eigenvalue weighted by molar-refractivity contribution is 4.91. The largest absolute Gasteiger partial charge is 0.0533 e. The molecule has 0 heterocycles. The first-order valence-electron chi connectivity index (χ1n) is 8.95. The van der Waals surface area contributed by atoms with Crippen LogP contribution in [-0.2, 0) is 0 Å². The zero-order chi connectivity index (χ0) is 12.2. The van der Waals surface area contributed by atoms with E-state index in [0.29, 0.717) is 0 Å². The molecule has 0 amide bonds. The Morgan fingerprint density at radius 1 is 0.389 bits per heavy atom. The highest BCUT2D eigenvalue weighted by Gasteiger charge is 2.41. The lowest BCUT2D eigenvalue weighted by Crippen LogP contribution is -2.19. The van der Waals surface area contributed by atoms with Crippen LogP contribution in [0.3, 0.4) is 0 Å². The lowest BCUT2D eigenvalue weighted by Gasteiger charge is -2.28. The highest BCUT2D eigenvalue weighted by Crippen LogP contribution is 2.51. The van der Waals surface area contributed by atoms with Crippen LogP contribution in [0.15, 0.2) is 0 Å². The van der Waals surface area contributed by atoms with E-state index in [2.05, 4.69) is 0 Å². The Morgan fingerprint density at radius 2 is 0.778 bits per heavy atom. The Labute approximate surface area is 114 Å². The Kier molecular flexibility index (Phi) is 4.65. The number of hydrogen-bond donors (Lipinski definition) is 0. The maximum Gasteiger partial charge on any atom is -0.0355 e. The summed E-state index contributed by atoms with van der Waals surface area (Å²) in [5, 5.41) is 0. The third kappa shape index (κ3) is 2.94. The van der Waals surface area contributed by atoms with E-state index in [0.717, 1.165) is 23.7 Å². The van der Waals surface area contributed by atoms with Crippen molar-refractivity contribution in [3.05, 3.63) is 0 Å². The third-order valence-electron chi connectivity index (χ3n) is 6.34. The fourth-order valence-corrected chi connectivity index (χ4v) is 5.46. The molecule has 0 N–H and O–H groups in total. The average molecular weight is 248 g/mol. The predicted molar refractivity (Wildman–Crippen MR) is 78.6 cm³/mol. The maximum absolute atomic E-state index is 1.62. The summed E-state index contributed by atoms with van der Waals surface area (Å²) < 4.78 is 0. The molecule has 0 aromatic heterocycles. The van der Waals surface area contributed by atoms with Crippen LogP contribution >= 0.6 is 0 Å². The molecule has 3 rings (SSSR count). The van der Waals surface area contributed by atoms with Crippen LogP contribution in [0, 0.1) is 23.7 Å². The molecule has 3 aliphatic rings. The first-order valence-corrected chi connectivity index (χ1v) is 8.95. The van der Waals surface area contributed by atoms with Gasteiger partial charge in [-0.1, -0.05) is 70.6 Å². The van der Waals surface area contributed by atoms with E-state index in [4.69, 9.17) is 0 Å². The van der Waals surface area contributed by atoms with E-state index in [9.17, 15) is 0 Å². The summed E-state index contributed by atoms with van der Waals surface area (Å²) in [5.41, 5.74) is 0. The first kappa shape index (κ1) is 13.0. The lowest BCUT2D eigenvalue weighted by molar-refractivity contribution is 0.220. The predicted octanol–water partition coefficient (Wildman–Crippen LogP) is 5.95. The van der Waals surface area contributed by atoms with Crippen LogP contribution in [0.2, 0.25) is 0 Å². The summed E-state index contributed by atoms with van der Waals surface area (Å²) in [6.07, 6.45) is 21.8. The topological polar surface area (TPSA) is 0 Å². The van der Waals surface area contributed by atoms with Gasteiger partial charge in [-0.3, -0.25) is 0 Å². The Morgan fingerprint density at radius 3 is 1.28 bits per heavy atom. The minimum Gasteiger partial charge on any atom is -0.0533 e. The molecule has 4 atom stereocenters. The maximum atomic E-state index is 1.62. The zero-order valence-electron chi connectivity index (χ0n) is 12.2. The van der Waals surface area contributed by atoms with Crippen molar-refractivity contribution in [2.24, 2.45) is 23.7 Å². The van der Waals surface area contributed by atoms with E-state index >= 15 is 0 Å². The third-order valence-corrected chi connectivity index (χ3v) is 6.34. The van der Waals surface area contributed by atoms with E-state index < -0.39 is 0 Å². The fourth-order valence-electron chi connectivity index (χ4n) is 5.46. The van der Waals surface area contributed by atoms with Crippen molar-refractivity contribution in [2.45, 2.75) is 89.9 Å². The SMILES string of the molecule is C1CCCC2CC3CCCCCCC3C2CCC1. The summed E-state index contributed by atoms with van der Waals surface area (Å²) in [5.74, 6) is 4.57. The van der Waals surface area contributed by atoms with Gasteiger partial charge in [0.05, 0.1) is 0 Å². The van der Waals surface area contributed by atoms with Gasteiger partial charge in [-0.05, 0) is 42.9 Å². The molecule has 4 unspecified atom stereocenters. The second-order valence-electron chi connectivity index (χ2n) is 7.42. The van der Waals surface area contributed by atoms with Gasteiger partial charge in [0.2, 0.25) is 0 Å². The van der Waals surface area contributed by atoms with Crippen LogP contribution in [0.5, 0.6) is 0 Å². The van der Waals surface area contributed by atoms with Gasteiger partial charge >= 0.3 is 0 Å². The number of rotatable bonds is 0. The second kappa shape index (κ2) is 6.44. The quantitative estimate of drug-likeness (QED) is 0.496. The highest BCUT2D eigenvalue weighted by atomic mass is 14.5. The summed E-state index contributed by atoms with van der Waals surface area (Å²) in [7, 11) is 0. The lowest BCUT2D eigenvalue weighted by atomic mass is 9.77. The molecule has 0 aromatic carbocycles. The van der Waals surface area contributed by atoms with Crippen LogP contribution in [0.1, 0.15) is 89.9 Å². The Balaban J connectivity index is 1.68. The molecule has 0 spiro atoms. The van der Waals surface area contributed by atoms with Gasteiger partial charge in [0.25, 0.3) is 0 Å². The van der Waals surface area contributed by atoms with Crippen molar-refractivity contribution < 1.29 is 0 Å². The molecule has 0 nitrogen and oxygen atoms in total. The molecule has 3 fully saturated rings. The average Bonchev–Trinajstić information content (AvgIpc) is 2.69. The van der Waals surface area contributed by atoms with Crippen molar-refractivity contribution in [1.82, 2.24) is 0 Å². The van der Waals surface area contributed by atoms with E-state index in [1.807, 2.05) is 0 Å². The molecule has 0 radical (unpaired) electrons. The van der Waals surface area contributed by atoms with Crippen LogP contribution in [0.4, 0.5) is 0 Å². The van der Waals surface area contributed by atoms with Gasteiger partial charge in [-0.2, -0.15) is 0 Å². The molecule has 0 saturated heterocycles. The summed E-state index contributed by atoms with van der Waals surface area (Å²) >= 11 is 0. The number of fused-ring (bicyclic) bond motifs is 3. The first-order chi connectivity index (χ1) is 8.95.